The summed E-state index contributed by atoms with van der Waals surface area (Å²) in [6.07, 6.45) is 0. The maximum absolute atomic E-state index is 12.3. The van der Waals surface area contributed by atoms with Gasteiger partial charge in [0.25, 0.3) is 5.91 Å². The molecular formula is C24H19NO5. The van der Waals surface area contributed by atoms with Crippen molar-refractivity contribution in [3.63, 3.8) is 0 Å². The highest BCUT2D eigenvalue weighted by Gasteiger charge is 2.17. The predicted molar refractivity (Wildman–Crippen MR) is 113 cm³/mol. The van der Waals surface area contributed by atoms with Crippen LogP contribution in [0.1, 0.15) is 29.1 Å². The summed E-state index contributed by atoms with van der Waals surface area (Å²) in [4.78, 5) is 36.6. The topological polar surface area (TPSA) is 85.6 Å². The Balaban J connectivity index is 1.42. The molecule has 0 radical (unpaired) electrons. The smallest absolute Gasteiger partial charge is 0.374 e. The first-order chi connectivity index (χ1) is 14.5. The van der Waals surface area contributed by atoms with Gasteiger partial charge in [0, 0.05) is 6.07 Å². The number of para-hydroxylation sites is 1. The third-order valence-corrected chi connectivity index (χ3v) is 4.84. The van der Waals surface area contributed by atoms with Crippen LogP contribution in [0.5, 0.6) is 0 Å². The number of ether oxygens (including phenoxy) is 1. The van der Waals surface area contributed by atoms with Crippen molar-refractivity contribution in [2.75, 3.05) is 6.61 Å². The molecule has 0 aliphatic carbocycles. The quantitative estimate of drug-likeness (QED) is 0.511. The molecule has 0 saturated carbocycles. The summed E-state index contributed by atoms with van der Waals surface area (Å²) in [5.41, 5.74) is 0.900. The van der Waals surface area contributed by atoms with Crippen LogP contribution in [0.2, 0.25) is 0 Å². The number of rotatable bonds is 5. The number of fused-ring (bicyclic) bond motifs is 2. The summed E-state index contributed by atoms with van der Waals surface area (Å²) in [6, 6.07) is 21.2. The van der Waals surface area contributed by atoms with Crippen molar-refractivity contribution in [1.29, 1.82) is 0 Å². The third-order valence-electron chi connectivity index (χ3n) is 4.84. The highest BCUT2D eigenvalue weighted by Crippen LogP contribution is 2.24. The normalized spacial score (nSPS) is 11.9. The van der Waals surface area contributed by atoms with Crippen LogP contribution >= 0.6 is 0 Å². The van der Waals surface area contributed by atoms with E-state index in [4.69, 9.17) is 9.15 Å². The van der Waals surface area contributed by atoms with Crippen LogP contribution in [0, 0.1) is 0 Å². The van der Waals surface area contributed by atoms with Crippen molar-refractivity contribution < 1.29 is 18.7 Å². The number of esters is 1. The molecule has 0 aliphatic rings. The van der Waals surface area contributed by atoms with Crippen LogP contribution < -0.4 is 10.7 Å². The summed E-state index contributed by atoms with van der Waals surface area (Å²) >= 11 is 0. The second-order valence-electron chi connectivity index (χ2n) is 6.90. The van der Waals surface area contributed by atoms with Gasteiger partial charge in [-0.3, -0.25) is 9.59 Å². The molecular weight excluding hydrogens is 382 g/mol. The standard InChI is InChI=1S/C24H19NO5/c1-15(17-11-6-8-16-7-2-3-9-18(16)17)25-23(27)14-29-24(28)22-13-20(26)19-10-4-5-12-21(19)30-22/h2-13,15H,14H2,1H3,(H,25,27)/t15-/m1/s1. The fourth-order valence-corrected chi connectivity index (χ4v) is 3.40. The van der Waals surface area contributed by atoms with Gasteiger partial charge in [0.05, 0.1) is 11.4 Å². The molecule has 1 amide bonds. The van der Waals surface area contributed by atoms with E-state index in [1.165, 1.54) is 0 Å². The van der Waals surface area contributed by atoms with Crippen LogP contribution in [-0.4, -0.2) is 18.5 Å². The number of hydrogen-bond acceptors (Lipinski definition) is 5. The lowest BCUT2D eigenvalue weighted by Gasteiger charge is -2.16. The molecule has 4 aromatic rings. The molecule has 1 heterocycles. The fourth-order valence-electron chi connectivity index (χ4n) is 3.40. The summed E-state index contributed by atoms with van der Waals surface area (Å²) in [5.74, 6) is -1.56. The zero-order valence-electron chi connectivity index (χ0n) is 16.3. The van der Waals surface area contributed by atoms with E-state index in [1.54, 1.807) is 24.3 Å². The van der Waals surface area contributed by atoms with Gasteiger partial charge in [0.2, 0.25) is 5.76 Å². The average Bonchev–Trinajstić information content (AvgIpc) is 2.77. The molecule has 150 valence electrons. The first-order valence-corrected chi connectivity index (χ1v) is 9.50. The number of carbonyl (C=O) groups excluding carboxylic acids is 2. The number of nitrogens with one attached hydrogen (secondary N) is 1. The zero-order valence-corrected chi connectivity index (χ0v) is 16.3. The molecule has 1 aromatic heterocycles. The molecule has 4 rings (SSSR count). The molecule has 30 heavy (non-hydrogen) atoms. The monoisotopic (exact) mass is 401 g/mol. The van der Waals surface area contributed by atoms with Crippen molar-refractivity contribution >= 4 is 33.6 Å². The molecule has 6 nitrogen and oxygen atoms in total. The van der Waals surface area contributed by atoms with Gasteiger partial charge in [0.1, 0.15) is 5.58 Å². The maximum atomic E-state index is 12.3. The van der Waals surface area contributed by atoms with E-state index in [1.807, 2.05) is 49.4 Å². The molecule has 1 N–H and O–H groups in total. The fraction of sp³-hybridized carbons (Fsp3) is 0.125. The lowest BCUT2D eigenvalue weighted by Crippen LogP contribution is -2.31. The summed E-state index contributed by atoms with van der Waals surface area (Å²) in [7, 11) is 0. The van der Waals surface area contributed by atoms with Gasteiger partial charge < -0.3 is 14.5 Å². The Kier molecular flexibility index (Phi) is 5.30. The van der Waals surface area contributed by atoms with Crippen molar-refractivity contribution in [2.45, 2.75) is 13.0 Å². The Morgan fingerprint density at radius 1 is 0.967 bits per heavy atom. The SMILES string of the molecule is C[C@@H](NC(=O)COC(=O)c1cc(=O)c2ccccc2o1)c1cccc2ccccc12. The first-order valence-electron chi connectivity index (χ1n) is 9.50. The molecule has 1 atom stereocenters. The van der Waals surface area contributed by atoms with E-state index in [0.29, 0.717) is 5.39 Å². The van der Waals surface area contributed by atoms with Gasteiger partial charge >= 0.3 is 5.97 Å². The minimum Gasteiger partial charge on any atom is -0.450 e. The van der Waals surface area contributed by atoms with E-state index in [0.717, 1.165) is 22.4 Å². The number of amides is 1. The van der Waals surface area contributed by atoms with Crippen LogP contribution in [0.3, 0.4) is 0 Å². The molecule has 0 spiro atoms. The highest BCUT2D eigenvalue weighted by atomic mass is 16.5. The summed E-state index contributed by atoms with van der Waals surface area (Å²) in [6.45, 7) is 1.38. The summed E-state index contributed by atoms with van der Waals surface area (Å²) < 4.78 is 10.5. The van der Waals surface area contributed by atoms with Crippen LogP contribution in [-0.2, 0) is 9.53 Å². The van der Waals surface area contributed by atoms with Crippen LogP contribution in [0.4, 0.5) is 0 Å². The molecule has 0 fully saturated rings. The van der Waals surface area contributed by atoms with E-state index in [-0.39, 0.29) is 22.8 Å². The first kappa shape index (κ1) is 19.4. The Labute approximate surface area is 172 Å². The Hall–Kier alpha value is -3.93. The zero-order chi connectivity index (χ0) is 21.1. The van der Waals surface area contributed by atoms with Crippen molar-refractivity contribution in [3.8, 4) is 0 Å². The second kappa shape index (κ2) is 8.21. The van der Waals surface area contributed by atoms with Crippen molar-refractivity contribution in [2.24, 2.45) is 0 Å². The van der Waals surface area contributed by atoms with Gasteiger partial charge in [-0.05, 0) is 35.4 Å². The van der Waals surface area contributed by atoms with E-state index in [9.17, 15) is 14.4 Å². The molecule has 6 heteroatoms. The number of carbonyl (C=O) groups is 2. The molecule has 0 saturated heterocycles. The van der Waals surface area contributed by atoms with Crippen molar-refractivity contribution in [1.82, 2.24) is 5.32 Å². The Morgan fingerprint density at radius 2 is 1.67 bits per heavy atom. The van der Waals surface area contributed by atoms with Crippen LogP contribution in [0.15, 0.2) is 82.0 Å². The number of hydrogen-bond donors (Lipinski definition) is 1. The molecule has 3 aromatic carbocycles. The molecule has 0 aliphatic heterocycles. The third kappa shape index (κ3) is 3.93. The van der Waals surface area contributed by atoms with E-state index >= 15 is 0 Å². The van der Waals surface area contributed by atoms with Gasteiger partial charge in [0.15, 0.2) is 12.0 Å². The summed E-state index contributed by atoms with van der Waals surface area (Å²) in [5, 5.41) is 5.32. The lowest BCUT2D eigenvalue weighted by molar-refractivity contribution is -0.124. The van der Waals surface area contributed by atoms with Gasteiger partial charge in [-0.1, -0.05) is 54.6 Å². The van der Waals surface area contributed by atoms with Gasteiger partial charge in [-0.15, -0.1) is 0 Å². The molecule has 0 bridgehead atoms. The van der Waals surface area contributed by atoms with Crippen LogP contribution in [0.25, 0.3) is 21.7 Å². The van der Waals surface area contributed by atoms with E-state index in [2.05, 4.69) is 5.32 Å². The Bertz CT molecular complexity index is 1300. The highest BCUT2D eigenvalue weighted by molar-refractivity contribution is 5.91. The maximum Gasteiger partial charge on any atom is 0.374 e. The second-order valence-corrected chi connectivity index (χ2v) is 6.90. The lowest BCUT2D eigenvalue weighted by atomic mass is 10.00. The van der Waals surface area contributed by atoms with Gasteiger partial charge in [-0.25, -0.2) is 4.79 Å². The van der Waals surface area contributed by atoms with Gasteiger partial charge in [-0.2, -0.15) is 0 Å². The predicted octanol–water partition coefficient (Wildman–Crippen LogP) is 3.98. The largest absolute Gasteiger partial charge is 0.450 e. The minimum atomic E-state index is -0.870. The average molecular weight is 401 g/mol. The number of benzene rings is 3. The molecule has 0 unspecified atom stereocenters. The Morgan fingerprint density at radius 3 is 2.50 bits per heavy atom. The minimum absolute atomic E-state index is 0.242. The van der Waals surface area contributed by atoms with E-state index < -0.39 is 18.5 Å². The van der Waals surface area contributed by atoms with Crippen molar-refractivity contribution in [3.05, 3.63) is 94.3 Å².